The van der Waals surface area contributed by atoms with Crippen LogP contribution in [0.4, 0.5) is 10.1 Å². The van der Waals surface area contributed by atoms with Crippen molar-refractivity contribution in [2.45, 2.75) is 31.2 Å². The zero-order valence-corrected chi connectivity index (χ0v) is 17.2. The summed E-state index contributed by atoms with van der Waals surface area (Å²) in [5, 5.41) is 9.15. The van der Waals surface area contributed by atoms with Gasteiger partial charge < -0.3 is 19.3 Å². The number of benzene rings is 2. The summed E-state index contributed by atoms with van der Waals surface area (Å²) in [7, 11) is 0. The van der Waals surface area contributed by atoms with E-state index in [2.05, 4.69) is 34.9 Å². The lowest BCUT2D eigenvalue weighted by Gasteiger charge is -2.45. The van der Waals surface area contributed by atoms with Crippen molar-refractivity contribution in [1.29, 1.82) is 5.26 Å². The number of anilines is 1. The van der Waals surface area contributed by atoms with Gasteiger partial charge in [-0.1, -0.05) is 19.1 Å². The Morgan fingerprint density at radius 1 is 1.30 bits per heavy atom. The highest BCUT2D eigenvalue weighted by Crippen LogP contribution is 2.53. The molecule has 0 N–H and O–H groups in total. The molecule has 0 spiro atoms. The molecule has 0 aliphatic carbocycles. The van der Waals surface area contributed by atoms with Crippen molar-refractivity contribution in [3.8, 4) is 17.6 Å². The Labute approximate surface area is 176 Å². The van der Waals surface area contributed by atoms with Crippen molar-refractivity contribution < 1.29 is 13.9 Å². The Morgan fingerprint density at radius 3 is 3.07 bits per heavy atom. The fourth-order valence-corrected chi connectivity index (χ4v) is 5.49. The maximum atomic E-state index is 13.3. The third kappa shape index (κ3) is 3.09. The predicted octanol–water partition coefficient (Wildman–Crippen LogP) is 3.71. The van der Waals surface area contributed by atoms with E-state index in [1.165, 1.54) is 29.4 Å². The maximum absolute atomic E-state index is 13.3. The summed E-state index contributed by atoms with van der Waals surface area (Å²) in [6, 6.07) is 13.1. The summed E-state index contributed by atoms with van der Waals surface area (Å²) in [4.78, 5) is 5.10. The fraction of sp³-hybridized carbons (Fsp3) is 0.458. The molecule has 3 heterocycles. The minimum absolute atomic E-state index is 0.100. The molecule has 1 unspecified atom stereocenters. The van der Waals surface area contributed by atoms with E-state index in [-0.39, 0.29) is 11.0 Å². The number of hydrogen-bond donors (Lipinski definition) is 0. The first-order chi connectivity index (χ1) is 14.6. The van der Waals surface area contributed by atoms with Crippen LogP contribution >= 0.6 is 0 Å². The Balaban J connectivity index is 1.23. The van der Waals surface area contributed by atoms with Crippen molar-refractivity contribution in [1.82, 2.24) is 4.90 Å². The molecule has 0 radical (unpaired) electrons. The summed E-state index contributed by atoms with van der Waals surface area (Å²) >= 11 is 0. The van der Waals surface area contributed by atoms with Crippen LogP contribution < -0.4 is 14.4 Å². The third-order valence-corrected chi connectivity index (χ3v) is 6.81. The van der Waals surface area contributed by atoms with Crippen LogP contribution in [0, 0.1) is 17.1 Å². The Hall–Kier alpha value is -2.78. The number of piperidine rings is 1. The summed E-state index contributed by atoms with van der Waals surface area (Å²) < 4.78 is 25.0. The first kappa shape index (κ1) is 19.2. The lowest BCUT2D eigenvalue weighted by atomic mass is 9.74. The number of fused-ring (bicyclic) bond motifs is 3. The number of halogens is 1. The molecule has 156 valence electrons. The number of para-hydroxylation sites is 1. The average Bonchev–Trinajstić information content (AvgIpc) is 3.02. The second-order valence-corrected chi connectivity index (χ2v) is 8.65. The average molecular weight is 407 g/mol. The van der Waals surface area contributed by atoms with Crippen molar-refractivity contribution in [3.63, 3.8) is 0 Å². The highest BCUT2D eigenvalue weighted by atomic mass is 19.1. The second-order valence-electron chi connectivity index (χ2n) is 8.65. The van der Waals surface area contributed by atoms with Crippen LogP contribution in [-0.4, -0.2) is 50.3 Å². The van der Waals surface area contributed by atoms with Crippen LogP contribution in [0.2, 0.25) is 0 Å². The second kappa shape index (κ2) is 7.48. The van der Waals surface area contributed by atoms with Crippen molar-refractivity contribution in [3.05, 3.63) is 53.3 Å². The topological polar surface area (TPSA) is 48.7 Å². The number of rotatable bonds is 5. The van der Waals surface area contributed by atoms with Gasteiger partial charge in [-0.15, -0.1) is 0 Å². The van der Waals surface area contributed by atoms with Gasteiger partial charge in [0.15, 0.2) is 0 Å². The molecule has 0 amide bonds. The zero-order chi connectivity index (χ0) is 20.7. The predicted molar refractivity (Wildman–Crippen MR) is 113 cm³/mol. The molecule has 2 atom stereocenters. The molecule has 30 heavy (non-hydrogen) atoms. The van der Waals surface area contributed by atoms with Gasteiger partial charge in [-0.25, -0.2) is 4.39 Å². The fourth-order valence-electron chi connectivity index (χ4n) is 5.49. The van der Waals surface area contributed by atoms with E-state index < -0.39 is 5.82 Å². The first-order valence-electron chi connectivity index (χ1n) is 10.7. The molecule has 5 rings (SSSR count). The third-order valence-electron chi connectivity index (χ3n) is 6.81. The van der Waals surface area contributed by atoms with Gasteiger partial charge in [-0.05, 0) is 42.7 Å². The summed E-state index contributed by atoms with van der Waals surface area (Å²) in [6.45, 7) is 7.67. The van der Waals surface area contributed by atoms with E-state index in [0.717, 1.165) is 51.4 Å². The molecule has 3 aliphatic rings. The molecule has 5 nitrogen and oxygen atoms in total. The smallest absolute Gasteiger partial charge is 0.143 e. The number of nitrogens with zero attached hydrogens (tertiary/aromatic N) is 3. The van der Waals surface area contributed by atoms with E-state index in [1.54, 1.807) is 0 Å². The Morgan fingerprint density at radius 2 is 2.20 bits per heavy atom. The number of nitriles is 1. The lowest BCUT2D eigenvalue weighted by molar-refractivity contribution is 0.131. The van der Waals surface area contributed by atoms with Crippen LogP contribution in [0.3, 0.4) is 0 Å². The van der Waals surface area contributed by atoms with Gasteiger partial charge in [0.05, 0.1) is 24.4 Å². The number of hydrogen-bond acceptors (Lipinski definition) is 5. The van der Waals surface area contributed by atoms with Crippen molar-refractivity contribution >= 4 is 5.69 Å². The molecule has 0 bridgehead atoms. The molecular formula is C24H26FN3O2. The van der Waals surface area contributed by atoms with Crippen molar-refractivity contribution in [2.24, 2.45) is 0 Å². The van der Waals surface area contributed by atoms with Gasteiger partial charge in [-0.2, -0.15) is 5.26 Å². The monoisotopic (exact) mass is 407 g/mol. The van der Waals surface area contributed by atoms with E-state index in [1.807, 2.05) is 6.07 Å². The summed E-state index contributed by atoms with van der Waals surface area (Å²) in [6.07, 6.45) is 2.00. The summed E-state index contributed by atoms with van der Waals surface area (Å²) in [5.41, 5.74) is 3.07. The molecule has 6 heteroatoms. The molecule has 2 aromatic rings. The molecule has 2 aromatic carbocycles. The minimum atomic E-state index is -0.418. The normalized spacial score (nSPS) is 24.6. The van der Waals surface area contributed by atoms with Crippen LogP contribution in [0.1, 0.15) is 30.9 Å². The van der Waals surface area contributed by atoms with Crippen LogP contribution in [0.5, 0.6) is 11.5 Å². The molecule has 0 aromatic heterocycles. The minimum Gasteiger partial charge on any atom is -0.492 e. The SMILES string of the molecule is C[C@@]12CN(CCCOc3ccc(F)cc3C#N)CCC1N1CCOc3cccc2c31. The first-order valence-corrected chi connectivity index (χ1v) is 10.7. The van der Waals surface area contributed by atoms with E-state index in [0.29, 0.717) is 18.4 Å². The molecular weight excluding hydrogens is 381 g/mol. The van der Waals surface area contributed by atoms with E-state index >= 15 is 0 Å². The number of ether oxygens (including phenoxy) is 2. The molecule has 1 saturated heterocycles. The largest absolute Gasteiger partial charge is 0.492 e. The maximum Gasteiger partial charge on any atom is 0.143 e. The Bertz CT molecular complexity index is 1000. The van der Waals surface area contributed by atoms with E-state index in [9.17, 15) is 4.39 Å². The summed E-state index contributed by atoms with van der Waals surface area (Å²) in [5.74, 6) is 1.07. The van der Waals surface area contributed by atoms with Crippen LogP contribution in [0.15, 0.2) is 36.4 Å². The number of likely N-dealkylation sites (tertiary alicyclic amines) is 1. The van der Waals surface area contributed by atoms with Crippen molar-refractivity contribution in [2.75, 3.05) is 44.3 Å². The van der Waals surface area contributed by atoms with Gasteiger partial charge in [0.1, 0.15) is 30.0 Å². The Kier molecular flexibility index (Phi) is 4.79. The quantitative estimate of drug-likeness (QED) is 0.708. The molecule has 0 saturated carbocycles. The molecule has 1 fully saturated rings. The standard InChI is InChI=1S/C24H26FN3O2/c1-24-16-27(9-3-12-29-20-7-6-18(25)14-17(20)15-26)10-8-22(24)28-11-13-30-21-5-2-4-19(24)23(21)28/h2,4-7,14,22H,3,8-13,16H2,1H3/t22?,24-/m0/s1. The highest BCUT2D eigenvalue weighted by Gasteiger charge is 2.52. The zero-order valence-electron chi connectivity index (χ0n) is 17.2. The van der Waals surface area contributed by atoms with Gasteiger partial charge >= 0.3 is 0 Å². The highest BCUT2D eigenvalue weighted by molar-refractivity contribution is 5.73. The molecule has 3 aliphatic heterocycles. The van der Waals surface area contributed by atoms with E-state index in [4.69, 9.17) is 14.7 Å². The van der Waals surface area contributed by atoms with Gasteiger partial charge in [0, 0.05) is 31.1 Å². The van der Waals surface area contributed by atoms with Crippen LogP contribution in [-0.2, 0) is 5.41 Å². The lowest BCUT2D eigenvalue weighted by Crippen LogP contribution is -2.56. The van der Waals surface area contributed by atoms with Gasteiger partial charge in [0.25, 0.3) is 0 Å². The van der Waals surface area contributed by atoms with Crippen LogP contribution in [0.25, 0.3) is 0 Å². The van der Waals surface area contributed by atoms with Gasteiger partial charge in [-0.3, -0.25) is 0 Å². The van der Waals surface area contributed by atoms with Gasteiger partial charge in [0.2, 0.25) is 0 Å².